The minimum Gasteiger partial charge on any atom is -0.379 e. The number of rotatable bonds is 5. The van der Waals surface area contributed by atoms with Crippen LogP contribution in [0.4, 0.5) is 5.69 Å². The van der Waals surface area contributed by atoms with Gasteiger partial charge in [-0.3, -0.25) is 4.98 Å². The van der Waals surface area contributed by atoms with Crippen LogP contribution < -0.4 is 4.90 Å². The monoisotopic (exact) mass is 312 g/mol. The van der Waals surface area contributed by atoms with Crippen LogP contribution in [0.1, 0.15) is 34.1 Å². The minimum atomic E-state index is -0.151. The van der Waals surface area contributed by atoms with E-state index in [0.717, 1.165) is 16.4 Å². The third-order valence-corrected chi connectivity index (χ3v) is 4.76. The Morgan fingerprint density at radius 1 is 1.30 bits per heavy atom. The van der Waals surface area contributed by atoms with Crippen molar-refractivity contribution in [3.8, 4) is 0 Å². The first kappa shape index (κ1) is 17.4. The second kappa shape index (κ2) is 6.87. The zero-order valence-corrected chi connectivity index (χ0v) is 14.8. The maximum Gasteiger partial charge on any atom is 0.141 e. The van der Waals surface area contributed by atoms with E-state index < -0.39 is 0 Å². The largest absolute Gasteiger partial charge is 0.379 e. The van der Waals surface area contributed by atoms with Crippen LogP contribution >= 0.6 is 24.0 Å². The number of ether oxygens (including phenoxy) is 1. The molecule has 0 radical (unpaired) electrons. The highest BCUT2D eigenvalue weighted by Gasteiger charge is 2.31. The normalized spacial score (nSPS) is 12.3. The Kier molecular flexibility index (Phi) is 5.98. The number of anilines is 1. The molecule has 0 fully saturated rings. The van der Waals surface area contributed by atoms with E-state index in [2.05, 4.69) is 32.7 Å². The fourth-order valence-electron chi connectivity index (χ4n) is 2.11. The zero-order valence-electron chi connectivity index (χ0n) is 13.1. The molecule has 1 aromatic heterocycles. The SMILES string of the molecule is COC(C)(C)CC(C)(C)SC(=S)N(C)c1ccncc1. The lowest BCUT2D eigenvalue weighted by atomic mass is 9.95. The number of hydrogen-bond donors (Lipinski definition) is 0. The molecule has 0 atom stereocenters. The summed E-state index contributed by atoms with van der Waals surface area (Å²) in [6, 6.07) is 3.91. The Morgan fingerprint density at radius 2 is 1.85 bits per heavy atom. The standard InChI is InChI=1S/C15H24N2OS2/c1-14(2,18-6)11-15(3,4)20-13(19)17(5)12-7-9-16-10-8-12/h7-10H,11H2,1-6H3. The smallest absolute Gasteiger partial charge is 0.141 e. The number of methoxy groups -OCH3 is 1. The van der Waals surface area contributed by atoms with E-state index in [1.807, 2.05) is 24.1 Å². The summed E-state index contributed by atoms with van der Waals surface area (Å²) in [4.78, 5) is 6.05. The van der Waals surface area contributed by atoms with Crippen molar-refractivity contribution in [3.05, 3.63) is 24.5 Å². The number of pyridine rings is 1. The average Bonchev–Trinajstić information content (AvgIpc) is 2.37. The fourth-order valence-corrected chi connectivity index (χ4v) is 4.03. The van der Waals surface area contributed by atoms with Crippen LogP contribution in [0, 0.1) is 0 Å². The Hall–Kier alpha value is -0.650. The van der Waals surface area contributed by atoms with Crippen LogP contribution in [0.2, 0.25) is 0 Å². The van der Waals surface area contributed by atoms with Crippen LogP contribution in [0.15, 0.2) is 24.5 Å². The van der Waals surface area contributed by atoms with Crippen LogP contribution in [0.25, 0.3) is 0 Å². The van der Waals surface area contributed by atoms with Crippen LogP contribution in [-0.2, 0) is 4.74 Å². The third kappa shape index (κ3) is 5.38. The van der Waals surface area contributed by atoms with Crippen molar-refractivity contribution in [1.29, 1.82) is 0 Å². The van der Waals surface area contributed by atoms with Gasteiger partial charge in [0, 0.05) is 37.0 Å². The van der Waals surface area contributed by atoms with Gasteiger partial charge in [-0.2, -0.15) is 0 Å². The third-order valence-electron chi connectivity index (χ3n) is 3.09. The quantitative estimate of drug-likeness (QED) is 0.761. The summed E-state index contributed by atoms with van der Waals surface area (Å²) in [5.74, 6) is 0. The summed E-state index contributed by atoms with van der Waals surface area (Å²) in [5, 5.41) is 0. The average molecular weight is 313 g/mol. The lowest BCUT2D eigenvalue weighted by Gasteiger charge is -2.34. The first-order chi connectivity index (χ1) is 9.17. The maximum atomic E-state index is 5.56. The van der Waals surface area contributed by atoms with Crippen molar-refractivity contribution < 1.29 is 4.74 Å². The summed E-state index contributed by atoms with van der Waals surface area (Å²) < 4.78 is 6.39. The van der Waals surface area contributed by atoms with Crippen LogP contribution in [0.3, 0.4) is 0 Å². The van der Waals surface area contributed by atoms with Gasteiger partial charge in [0.05, 0.1) is 5.60 Å². The molecule has 5 heteroatoms. The van der Waals surface area contributed by atoms with E-state index in [4.69, 9.17) is 17.0 Å². The van der Waals surface area contributed by atoms with E-state index in [-0.39, 0.29) is 10.3 Å². The zero-order chi connectivity index (χ0) is 15.4. The molecule has 3 nitrogen and oxygen atoms in total. The van der Waals surface area contributed by atoms with Gasteiger partial charge < -0.3 is 9.64 Å². The van der Waals surface area contributed by atoms with Crippen molar-refractivity contribution in [1.82, 2.24) is 4.98 Å². The predicted molar refractivity (Wildman–Crippen MR) is 92.6 cm³/mol. The summed E-state index contributed by atoms with van der Waals surface area (Å²) in [5.41, 5.74) is 0.903. The van der Waals surface area contributed by atoms with Gasteiger partial charge in [0.25, 0.3) is 0 Å². The molecule has 0 aromatic carbocycles. The van der Waals surface area contributed by atoms with Crippen LogP contribution in [0.5, 0.6) is 0 Å². The van der Waals surface area contributed by atoms with Crippen molar-refractivity contribution in [2.75, 3.05) is 19.1 Å². The predicted octanol–water partition coefficient (Wildman–Crippen LogP) is 4.13. The molecule has 0 aliphatic heterocycles. The summed E-state index contributed by atoms with van der Waals surface area (Å²) in [6.07, 6.45) is 4.47. The molecule has 0 bridgehead atoms. The molecule has 112 valence electrons. The van der Waals surface area contributed by atoms with Gasteiger partial charge in [-0.05, 0) is 32.4 Å². The first-order valence-electron chi connectivity index (χ1n) is 6.59. The molecule has 0 saturated carbocycles. The molecule has 0 aliphatic carbocycles. The Labute approximate surface area is 132 Å². The molecule has 1 aromatic rings. The Morgan fingerprint density at radius 3 is 2.35 bits per heavy atom. The fraction of sp³-hybridized carbons (Fsp3) is 0.600. The van der Waals surface area contributed by atoms with Gasteiger partial charge in [-0.25, -0.2) is 0 Å². The van der Waals surface area contributed by atoms with Crippen molar-refractivity contribution in [2.45, 2.75) is 44.5 Å². The number of hydrogen-bond acceptors (Lipinski definition) is 4. The van der Waals surface area contributed by atoms with Gasteiger partial charge in [0.1, 0.15) is 4.32 Å². The Balaban J connectivity index is 2.70. The molecule has 0 unspecified atom stereocenters. The lowest BCUT2D eigenvalue weighted by molar-refractivity contribution is 0.00960. The molecule has 1 rings (SSSR count). The van der Waals surface area contributed by atoms with E-state index in [0.29, 0.717) is 0 Å². The number of nitrogens with zero attached hydrogens (tertiary/aromatic N) is 2. The van der Waals surface area contributed by atoms with E-state index in [1.54, 1.807) is 31.3 Å². The first-order valence-corrected chi connectivity index (χ1v) is 7.81. The minimum absolute atomic E-state index is 0.0118. The number of thiocarbonyl (C=S) groups is 1. The van der Waals surface area contributed by atoms with Gasteiger partial charge in [0.15, 0.2) is 0 Å². The maximum absolute atomic E-state index is 5.56. The van der Waals surface area contributed by atoms with Gasteiger partial charge >= 0.3 is 0 Å². The molecule has 0 N–H and O–H groups in total. The lowest BCUT2D eigenvalue weighted by Crippen LogP contribution is -2.35. The van der Waals surface area contributed by atoms with Crippen molar-refractivity contribution in [2.24, 2.45) is 0 Å². The molecule has 0 amide bonds. The highest BCUT2D eigenvalue weighted by Crippen LogP contribution is 2.36. The van der Waals surface area contributed by atoms with Crippen LogP contribution in [-0.4, -0.2) is 33.8 Å². The van der Waals surface area contributed by atoms with E-state index >= 15 is 0 Å². The molecular weight excluding hydrogens is 288 g/mol. The molecular formula is C15H24N2OS2. The molecule has 20 heavy (non-hydrogen) atoms. The second-order valence-corrected chi connectivity index (χ2v) is 8.37. The molecule has 1 heterocycles. The van der Waals surface area contributed by atoms with Gasteiger partial charge in [-0.15, -0.1) is 0 Å². The van der Waals surface area contributed by atoms with Crippen molar-refractivity contribution >= 4 is 34.0 Å². The summed E-state index contributed by atoms with van der Waals surface area (Å²) >= 11 is 7.26. The Bertz CT molecular complexity index is 446. The summed E-state index contributed by atoms with van der Waals surface area (Å²) in [6.45, 7) is 8.60. The highest BCUT2D eigenvalue weighted by molar-refractivity contribution is 8.24. The molecule has 0 aliphatic rings. The van der Waals surface area contributed by atoms with Crippen molar-refractivity contribution in [3.63, 3.8) is 0 Å². The molecule has 0 saturated heterocycles. The van der Waals surface area contributed by atoms with Gasteiger partial charge in [-0.1, -0.05) is 37.8 Å². The number of aromatic nitrogens is 1. The topological polar surface area (TPSA) is 25.4 Å². The summed E-state index contributed by atoms with van der Waals surface area (Å²) in [7, 11) is 3.74. The van der Waals surface area contributed by atoms with E-state index in [9.17, 15) is 0 Å². The van der Waals surface area contributed by atoms with Gasteiger partial charge in [0.2, 0.25) is 0 Å². The number of thioether (sulfide) groups is 1. The molecule has 0 spiro atoms. The highest BCUT2D eigenvalue weighted by atomic mass is 32.2. The van der Waals surface area contributed by atoms with E-state index in [1.165, 1.54) is 0 Å². The second-order valence-electron chi connectivity index (χ2n) is 6.03.